The van der Waals surface area contributed by atoms with E-state index in [4.69, 9.17) is 5.73 Å². The smallest absolute Gasteiger partial charge is 0.241 e. The molecule has 0 atom stereocenters. The molecule has 3 N–H and O–H groups in total. The number of likely N-dealkylation sites (tertiary alicyclic amines) is 1. The third-order valence-corrected chi connectivity index (χ3v) is 3.26. The van der Waals surface area contributed by atoms with Crippen LogP contribution in [-0.2, 0) is 4.79 Å². The van der Waals surface area contributed by atoms with Gasteiger partial charge in [-0.25, -0.2) is 9.97 Å². The van der Waals surface area contributed by atoms with E-state index < -0.39 is 0 Å². The van der Waals surface area contributed by atoms with Crippen LogP contribution in [0.4, 0.5) is 11.6 Å². The van der Waals surface area contributed by atoms with Crippen molar-refractivity contribution in [3.63, 3.8) is 0 Å². The first-order valence-electron chi connectivity index (χ1n) is 6.35. The van der Waals surface area contributed by atoms with Crippen molar-refractivity contribution in [1.82, 2.24) is 19.3 Å². The monoisotopic (exact) mass is 260 g/mol. The van der Waals surface area contributed by atoms with Crippen LogP contribution in [0.5, 0.6) is 0 Å². The molecule has 0 spiro atoms. The molecule has 7 nitrogen and oxygen atoms in total. The third-order valence-electron chi connectivity index (χ3n) is 3.26. The van der Waals surface area contributed by atoms with Crippen LogP contribution in [-0.4, -0.2) is 44.8 Å². The molecule has 0 saturated carbocycles. The Morgan fingerprint density at radius 2 is 2.21 bits per heavy atom. The highest BCUT2D eigenvalue weighted by molar-refractivity contribution is 5.82. The van der Waals surface area contributed by atoms with Crippen LogP contribution in [0.25, 0.3) is 5.65 Å². The van der Waals surface area contributed by atoms with E-state index in [1.165, 1.54) is 0 Å². The van der Waals surface area contributed by atoms with Crippen molar-refractivity contribution in [2.75, 3.05) is 30.7 Å². The van der Waals surface area contributed by atoms with Gasteiger partial charge in [-0.1, -0.05) is 0 Å². The predicted molar refractivity (Wildman–Crippen MR) is 71.7 cm³/mol. The summed E-state index contributed by atoms with van der Waals surface area (Å²) in [5, 5.41) is 3.03. The molecule has 2 aromatic rings. The first-order chi connectivity index (χ1) is 9.24. The van der Waals surface area contributed by atoms with Gasteiger partial charge >= 0.3 is 0 Å². The van der Waals surface area contributed by atoms with Crippen LogP contribution in [0, 0.1) is 0 Å². The summed E-state index contributed by atoms with van der Waals surface area (Å²) in [5.74, 6) is 1.02. The first-order valence-corrected chi connectivity index (χ1v) is 6.35. The Kier molecular flexibility index (Phi) is 2.94. The van der Waals surface area contributed by atoms with Crippen LogP contribution in [0.2, 0.25) is 0 Å². The largest absolute Gasteiger partial charge is 0.382 e. The summed E-state index contributed by atoms with van der Waals surface area (Å²) in [7, 11) is 0. The molecule has 7 heteroatoms. The van der Waals surface area contributed by atoms with E-state index in [1.54, 1.807) is 23.0 Å². The highest BCUT2D eigenvalue weighted by atomic mass is 16.2. The molecule has 1 saturated heterocycles. The molecule has 19 heavy (non-hydrogen) atoms. The number of nitrogens with one attached hydrogen (secondary N) is 1. The molecule has 0 aromatic carbocycles. The van der Waals surface area contributed by atoms with Gasteiger partial charge in [0.15, 0.2) is 11.5 Å². The molecule has 1 fully saturated rings. The third kappa shape index (κ3) is 2.31. The predicted octanol–water partition coefficient (Wildman–Crippen LogP) is 0.346. The quantitative estimate of drug-likeness (QED) is 0.831. The normalized spacial score (nSPS) is 15.1. The fourth-order valence-electron chi connectivity index (χ4n) is 2.31. The number of carbonyl (C=O) groups excluding carboxylic acids is 1. The number of carbonyl (C=O) groups is 1. The summed E-state index contributed by atoms with van der Waals surface area (Å²) in [6.07, 6.45) is 7.33. The number of imidazole rings is 1. The average Bonchev–Trinajstić information content (AvgIpc) is 3.05. The van der Waals surface area contributed by atoms with Gasteiger partial charge in [0.2, 0.25) is 5.91 Å². The van der Waals surface area contributed by atoms with Crippen LogP contribution in [0.15, 0.2) is 18.6 Å². The fourth-order valence-corrected chi connectivity index (χ4v) is 2.31. The summed E-state index contributed by atoms with van der Waals surface area (Å²) in [4.78, 5) is 22.2. The zero-order valence-electron chi connectivity index (χ0n) is 10.5. The van der Waals surface area contributed by atoms with Crippen molar-refractivity contribution < 1.29 is 4.79 Å². The zero-order chi connectivity index (χ0) is 13.2. The summed E-state index contributed by atoms with van der Waals surface area (Å²) in [5.41, 5.74) is 6.39. The van der Waals surface area contributed by atoms with Crippen LogP contribution in [0.3, 0.4) is 0 Å². The van der Waals surface area contributed by atoms with Gasteiger partial charge in [-0.15, -0.1) is 0 Å². The number of amides is 1. The lowest BCUT2D eigenvalue weighted by Crippen LogP contribution is -2.33. The van der Waals surface area contributed by atoms with Gasteiger partial charge in [0.1, 0.15) is 5.82 Å². The van der Waals surface area contributed by atoms with Crippen molar-refractivity contribution in [3.05, 3.63) is 18.6 Å². The minimum atomic E-state index is 0.0893. The van der Waals surface area contributed by atoms with Gasteiger partial charge in [-0.3, -0.25) is 4.79 Å². The number of hydrogen-bond acceptors (Lipinski definition) is 5. The van der Waals surface area contributed by atoms with E-state index in [0.29, 0.717) is 17.3 Å². The summed E-state index contributed by atoms with van der Waals surface area (Å²) >= 11 is 0. The molecule has 1 aliphatic rings. The van der Waals surface area contributed by atoms with E-state index in [2.05, 4.69) is 15.3 Å². The Morgan fingerprint density at radius 3 is 3.00 bits per heavy atom. The molecule has 2 aromatic heterocycles. The van der Waals surface area contributed by atoms with Crippen molar-refractivity contribution in [3.8, 4) is 0 Å². The Hall–Kier alpha value is -2.31. The maximum Gasteiger partial charge on any atom is 0.241 e. The number of aromatic nitrogens is 3. The number of hydrogen-bond donors (Lipinski definition) is 2. The molecule has 3 rings (SSSR count). The van der Waals surface area contributed by atoms with Crippen molar-refractivity contribution in [2.45, 2.75) is 12.8 Å². The second-order valence-electron chi connectivity index (χ2n) is 4.61. The molecular weight excluding hydrogens is 244 g/mol. The van der Waals surface area contributed by atoms with Gasteiger partial charge in [0, 0.05) is 25.5 Å². The van der Waals surface area contributed by atoms with E-state index in [9.17, 15) is 4.79 Å². The number of anilines is 2. The number of rotatable bonds is 3. The van der Waals surface area contributed by atoms with E-state index >= 15 is 0 Å². The summed E-state index contributed by atoms with van der Waals surface area (Å²) in [6, 6.07) is 0. The fraction of sp³-hybridized carbons (Fsp3) is 0.417. The van der Waals surface area contributed by atoms with Gasteiger partial charge < -0.3 is 20.4 Å². The number of nitrogens with two attached hydrogens (primary N) is 1. The van der Waals surface area contributed by atoms with Crippen LogP contribution < -0.4 is 11.1 Å². The summed E-state index contributed by atoms with van der Waals surface area (Å²) in [6.45, 7) is 1.92. The lowest BCUT2D eigenvalue weighted by molar-refractivity contribution is -0.128. The lowest BCUT2D eigenvalue weighted by atomic mass is 10.4. The van der Waals surface area contributed by atoms with Gasteiger partial charge in [-0.2, -0.15) is 0 Å². The first kappa shape index (κ1) is 11.8. The van der Waals surface area contributed by atoms with Crippen LogP contribution >= 0.6 is 0 Å². The number of fused-ring (bicyclic) bond motifs is 1. The average molecular weight is 260 g/mol. The van der Waals surface area contributed by atoms with Gasteiger partial charge in [0.05, 0.1) is 12.7 Å². The van der Waals surface area contributed by atoms with Gasteiger partial charge in [-0.05, 0) is 12.8 Å². The Bertz CT molecular complexity index is 601. The molecule has 0 unspecified atom stereocenters. The SMILES string of the molecule is Nc1cn2ccnc2c(NCC(=O)N2CCCC2)n1. The minimum Gasteiger partial charge on any atom is -0.382 e. The minimum absolute atomic E-state index is 0.0893. The van der Waals surface area contributed by atoms with E-state index in [-0.39, 0.29) is 12.5 Å². The molecule has 100 valence electrons. The topological polar surface area (TPSA) is 88.5 Å². The van der Waals surface area contributed by atoms with Crippen molar-refractivity contribution in [2.24, 2.45) is 0 Å². The highest BCUT2D eigenvalue weighted by Crippen LogP contribution is 2.14. The Labute approximate surface area is 110 Å². The molecule has 0 bridgehead atoms. The maximum absolute atomic E-state index is 12.0. The molecule has 0 aliphatic carbocycles. The Balaban J connectivity index is 1.74. The second kappa shape index (κ2) is 4.75. The molecule has 3 heterocycles. The van der Waals surface area contributed by atoms with E-state index in [0.717, 1.165) is 25.9 Å². The molecule has 0 radical (unpaired) electrons. The molecule has 1 aliphatic heterocycles. The summed E-state index contributed by atoms with van der Waals surface area (Å²) < 4.78 is 1.78. The number of nitrogen functional groups attached to an aromatic ring is 1. The van der Waals surface area contributed by atoms with E-state index in [1.807, 2.05) is 4.90 Å². The highest BCUT2D eigenvalue weighted by Gasteiger charge is 2.18. The number of nitrogens with zero attached hydrogens (tertiary/aromatic N) is 4. The van der Waals surface area contributed by atoms with Crippen molar-refractivity contribution in [1.29, 1.82) is 0 Å². The van der Waals surface area contributed by atoms with Gasteiger partial charge in [0.25, 0.3) is 0 Å². The second-order valence-corrected chi connectivity index (χ2v) is 4.61. The standard InChI is InChI=1S/C12H16N6O/c13-9-8-18-6-3-14-12(18)11(16-9)15-7-10(19)17-4-1-2-5-17/h3,6,8H,1-2,4-5,7,13H2,(H,15,16). The molecular formula is C12H16N6O. The van der Waals surface area contributed by atoms with Crippen LogP contribution in [0.1, 0.15) is 12.8 Å². The maximum atomic E-state index is 12.0. The molecule has 1 amide bonds. The lowest BCUT2D eigenvalue weighted by Gasteiger charge is -2.15. The van der Waals surface area contributed by atoms with Crippen molar-refractivity contribution >= 4 is 23.2 Å². The zero-order valence-corrected chi connectivity index (χ0v) is 10.5. The Morgan fingerprint density at radius 1 is 1.42 bits per heavy atom.